The summed E-state index contributed by atoms with van der Waals surface area (Å²) in [6, 6.07) is 12.1. The number of benzene rings is 2. The highest BCUT2D eigenvalue weighted by Gasteiger charge is 2.12. The maximum atomic E-state index is 11.4. The van der Waals surface area contributed by atoms with Crippen molar-refractivity contribution in [2.75, 3.05) is 0 Å². The first-order valence-corrected chi connectivity index (χ1v) is 8.11. The van der Waals surface area contributed by atoms with Gasteiger partial charge in [-0.1, -0.05) is 30.3 Å². The van der Waals surface area contributed by atoms with Gasteiger partial charge in [-0.2, -0.15) is 0 Å². The zero-order valence-corrected chi connectivity index (χ0v) is 12.0. The second-order valence-corrected chi connectivity index (χ2v) is 6.90. The van der Waals surface area contributed by atoms with Crippen molar-refractivity contribution in [2.24, 2.45) is 0 Å². The molecule has 0 bridgehead atoms. The van der Waals surface area contributed by atoms with Gasteiger partial charge in [-0.25, -0.2) is 0 Å². The number of rotatable bonds is 2. The third kappa shape index (κ3) is 1.70. The Kier molecular flexibility index (Phi) is 2.92. The Hall–Kier alpha value is -0.880. The van der Waals surface area contributed by atoms with Crippen molar-refractivity contribution in [3.05, 3.63) is 36.4 Å². The van der Waals surface area contributed by atoms with E-state index in [1.165, 1.54) is 11.3 Å². The summed E-state index contributed by atoms with van der Waals surface area (Å²) in [5.74, 6) is 0. The molecule has 1 aromatic heterocycles. The van der Waals surface area contributed by atoms with Crippen molar-refractivity contribution < 1.29 is 9.13 Å². The summed E-state index contributed by atoms with van der Waals surface area (Å²) in [5.41, 5.74) is 0. The van der Waals surface area contributed by atoms with E-state index in [1.54, 1.807) is 0 Å². The third-order valence-electron chi connectivity index (χ3n) is 2.87. The van der Waals surface area contributed by atoms with Crippen molar-refractivity contribution >= 4 is 59.0 Å². The number of hydrogen-bond acceptors (Lipinski definition) is 3. The maximum Gasteiger partial charge on any atom is 0.102 e. The van der Waals surface area contributed by atoms with Crippen LogP contribution < -0.4 is 9.92 Å². The number of hydrogen-bond donors (Lipinski definition) is 0. The lowest BCUT2D eigenvalue weighted by Gasteiger charge is -1.99. The Bertz CT molecular complexity index is 749. The minimum Gasteiger partial charge on any atom is -0.325 e. The van der Waals surface area contributed by atoms with E-state index in [-0.39, 0.29) is 0 Å². The lowest BCUT2D eigenvalue weighted by molar-refractivity contribution is 0.601. The van der Waals surface area contributed by atoms with Gasteiger partial charge >= 0.3 is 0 Å². The van der Waals surface area contributed by atoms with E-state index in [0.29, 0.717) is 0 Å². The van der Waals surface area contributed by atoms with E-state index in [9.17, 15) is 9.13 Å². The summed E-state index contributed by atoms with van der Waals surface area (Å²) in [6.07, 6.45) is 0. The van der Waals surface area contributed by atoms with Gasteiger partial charge in [-0.05, 0) is 16.8 Å². The molecule has 0 fully saturated rings. The molecule has 2 nitrogen and oxygen atoms in total. The standard InChI is InChI=1S/C12H10O2P2S/c13-15-11-10-8-4-2-1-3-7(8)5-6-9(10)17-12(11)16-14/h1-6H,15-16H2. The molecular formula is C12H10O2P2S. The minimum absolute atomic E-state index is 0.807. The van der Waals surface area contributed by atoms with E-state index in [0.717, 1.165) is 30.8 Å². The van der Waals surface area contributed by atoms with Crippen LogP contribution in [-0.4, -0.2) is 0 Å². The Balaban J connectivity index is 2.60. The average molecular weight is 280 g/mol. The molecule has 0 saturated heterocycles. The highest BCUT2D eigenvalue weighted by atomic mass is 32.1. The molecule has 3 aromatic rings. The van der Waals surface area contributed by atoms with E-state index >= 15 is 0 Å². The van der Waals surface area contributed by atoms with Gasteiger partial charge in [0.2, 0.25) is 0 Å². The van der Waals surface area contributed by atoms with Gasteiger partial charge < -0.3 is 9.13 Å². The van der Waals surface area contributed by atoms with E-state index in [1.807, 2.05) is 30.3 Å². The average Bonchev–Trinajstić information content (AvgIpc) is 2.76. The zero-order chi connectivity index (χ0) is 11.8. The normalized spacial score (nSPS) is 12.7. The molecule has 0 spiro atoms. The lowest BCUT2D eigenvalue weighted by Crippen LogP contribution is -2.05. The summed E-state index contributed by atoms with van der Waals surface area (Å²) in [4.78, 5) is 0. The van der Waals surface area contributed by atoms with Gasteiger partial charge in [0, 0.05) is 15.4 Å². The van der Waals surface area contributed by atoms with Crippen LogP contribution in [0.2, 0.25) is 0 Å². The first-order valence-electron chi connectivity index (χ1n) is 5.20. The zero-order valence-electron chi connectivity index (χ0n) is 8.84. The second kappa shape index (κ2) is 4.42. The van der Waals surface area contributed by atoms with Crippen LogP contribution in [0.1, 0.15) is 0 Å². The van der Waals surface area contributed by atoms with Crippen molar-refractivity contribution in [1.82, 2.24) is 0 Å². The van der Waals surface area contributed by atoms with Gasteiger partial charge in [0.1, 0.15) is 8.46 Å². The summed E-state index contributed by atoms with van der Waals surface area (Å²) >= 11 is 1.51. The molecular weight excluding hydrogens is 270 g/mol. The van der Waals surface area contributed by atoms with E-state index < -0.39 is 16.9 Å². The molecule has 17 heavy (non-hydrogen) atoms. The molecule has 0 N–H and O–H groups in total. The highest BCUT2D eigenvalue weighted by molar-refractivity contribution is 7.54. The SMILES string of the molecule is O=[PH2]c1sc2ccc3ccccc3c2c1[PH2]=O. The van der Waals surface area contributed by atoms with Crippen molar-refractivity contribution in [3.63, 3.8) is 0 Å². The molecule has 3 rings (SSSR count). The maximum absolute atomic E-state index is 11.4. The molecule has 0 amide bonds. The third-order valence-corrected chi connectivity index (χ3v) is 6.42. The summed E-state index contributed by atoms with van der Waals surface area (Å²) in [6.45, 7) is 0. The molecule has 1 heterocycles. The Labute approximate surface area is 105 Å². The minimum atomic E-state index is -1.04. The van der Waals surface area contributed by atoms with Crippen molar-refractivity contribution in [3.8, 4) is 0 Å². The summed E-state index contributed by atoms with van der Waals surface area (Å²) in [5, 5.41) is 4.10. The monoisotopic (exact) mass is 280 g/mol. The van der Waals surface area contributed by atoms with Crippen molar-refractivity contribution in [2.45, 2.75) is 0 Å². The molecule has 0 saturated carbocycles. The Morgan fingerprint density at radius 2 is 1.76 bits per heavy atom. The summed E-state index contributed by atoms with van der Waals surface area (Å²) in [7, 11) is -2.04. The summed E-state index contributed by atoms with van der Waals surface area (Å²) < 4.78 is 24.5. The number of fused-ring (bicyclic) bond motifs is 3. The van der Waals surface area contributed by atoms with Gasteiger partial charge in [-0.3, -0.25) is 0 Å². The number of thiophene rings is 1. The quantitative estimate of drug-likeness (QED) is 0.676. The van der Waals surface area contributed by atoms with Crippen LogP contribution in [0.15, 0.2) is 36.4 Å². The Morgan fingerprint density at radius 3 is 2.53 bits per heavy atom. The highest BCUT2D eigenvalue weighted by Crippen LogP contribution is 2.30. The van der Waals surface area contributed by atoms with Crippen LogP contribution in [-0.2, 0) is 9.13 Å². The Morgan fingerprint density at radius 1 is 0.941 bits per heavy atom. The van der Waals surface area contributed by atoms with Crippen LogP contribution in [0.25, 0.3) is 20.9 Å². The fourth-order valence-electron chi connectivity index (χ4n) is 2.12. The largest absolute Gasteiger partial charge is 0.325 e. The van der Waals surface area contributed by atoms with Crippen LogP contribution >= 0.6 is 28.3 Å². The predicted molar refractivity (Wildman–Crippen MR) is 79.4 cm³/mol. The molecule has 0 aliphatic heterocycles. The van der Waals surface area contributed by atoms with Gasteiger partial charge in [-0.15, -0.1) is 11.3 Å². The van der Waals surface area contributed by atoms with Gasteiger partial charge in [0.05, 0.1) is 13.1 Å². The fourth-order valence-corrected chi connectivity index (χ4v) is 5.25. The molecule has 0 radical (unpaired) electrons. The fraction of sp³-hybridized carbons (Fsp3) is 0. The van der Waals surface area contributed by atoms with Gasteiger partial charge in [0.25, 0.3) is 0 Å². The van der Waals surface area contributed by atoms with Gasteiger partial charge in [0.15, 0.2) is 0 Å². The molecule has 2 atom stereocenters. The lowest BCUT2D eigenvalue weighted by atomic mass is 10.1. The molecule has 0 aliphatic carbocycles. The first-order chi connectivity index (χ1) is 8.35. The predicted octanol–water partition coefficient (Wildman–Crippen LogP) is 2.82. The van der Waals surface area contributed by atoms with Crippen LogP contribution in [0.5, 0.6) is 0 Å². The van der Waals surface area contributed by atoms with Crippen LogP contribution in [0.3, 0.4) is 0 Å². The molecule has 5 heteroatoms. The van der Waals surface area contributed by atoms with Crippen LogP contribution in [0.4, 0.5) is 0 Å². The van der Waals surface area contributed by atoms with E-state index in [4.69, 9.17) is 0 Å². The van der Waals surface area contributed by atoms with Crippen molar-refractivity contribution in [1.29, 1.82) is 0 Å². The second-order valence-electron chi connectivity index (χ2n) is 3.78. The molecule has 2 unspecified atom stereocenters. The van der Waals surface area contributed by atoms with E-state index in [2.05, 4.69) is 6.07 Å². The first kappa shape index (κ1) is 11.2. The molecule has 86 valence electrons. The topological polar surface area (TPSA) is 34.1 Å². The van der Waals surface area contributed by atoms with Crippen LogP contribution in [0, 0.1) is 0 Å². The molecule has 0 aliphatic rings. The smallest absolute Gasteiger partial charge is 0.102 e. The molecule has 2 aromatic carbocycles.